The van der Waals surface area contributed by atoms with Crippen LogP contribution in [0.25, 0.3) is 22.4 Å². The Bertz CT molecular complexity index is 1160. The van der Waals surface area contributed by atoms with Crippen molar-refractivity contribution in [2.75, 3.05) is 26.7 Å². The standard InChI is InChI=1S/C21H26N6O3/c1-5-6-7-30-21-16(8-14(9-22-21)13(3)28)19-23-17-12(2)27(15-10-26(4)11-15)25-18(17)20(29)24-19/h8-9,15H,5-7,10-11H2,1-4H3,(H,23,24,29). The smallest absolute Gasteiger partial charge is 0.279 e. The highest BCUT2D eigenvalue weighted by Crippen LogP contribution is 2.29. The van der Waals surface area contributed by atoms with Gasteiger partial charge in [-0.15, -0.1) is 0 Å². The number of Topliss-reactive ketones (excluding diaryl/α,β-unsaturated/α-hetero) is 1. The van der Waals surface area contributed by atoms with Gasteiger partial charge in [-0.1, -0.05) is 13.3 Å². The lowest BCUT2D eigenvalue weighted by Gasteiger charge is -2.36. The number of unbranched alkanes of at least 4 members (excludes halogenated alkanes) is 1. The van der Waals surface area contributed by atoms with Gasteiger partial charge in [0, 0.05) is 24.8 Å². The minimum absolute atomic E-state index is 0.120. The van der Waals surface area contributed by atoms with Crippen molar-refractivity contribution in [2.24, 2.45) is 0 Å². The Hall–Kier alpha value is -3.07. The van der Waals surface area contributed by atoms with Gasteiger partial charge in [-0.05, 0) is 33.4 Å². The van der Waals surface area contributed by atoms with E-state index in [1.807, 2.05) is 18.7 Å². The van der Waals surface area contributed by atoms with Crippen molar-refractivity contribution in [1.82, 2.24) is 29.6 Å². The SMILES string of the molecule is CCCCOc1ncc(C(C)=O)cc1-c1nc2c(C)n(C3CN(C)C3)nc2c(=O)[nH]1. The molecule has 158 valence electrons. The Morgan fingerprint density at radius 1 is 1.33 bits per heavy atom. The van der Waals surface area contributed by atoms with Gasteiger partial charge in [0.05, 0.1) is 23.9 Å². The molecule has 1 fully saturated rings. The van der Waals surface area contributed by atoms with Gasteiger partial charge in [0.2, 0.25) is 5.88 Å². The van der Waals surface area contributed by atoms with Gasteiger partial charge in [-0.3, -0.25) is 14.3 Å². The number of rotatable bonds is 7. The van der Waals surface area contributed by atoms with E-state index in [1.54, 1.807) is 6.07 Å². The fraction of sp³-hybridized carbons (Fsp3) is 0.476. The topological polar surface area (TPSA) is 106 Å². The summed E-state index contributed by atoms with van der Waals surface area (Å²) in [4.78, 5) is 38.7. The zero-order valence-corrected chi connectivity index (χ0v) is 17.7. The van der Waals surface area contributed by atoms with E-state index in [0.29, 0.717) is 40.5 Å². The largest absolute Gasteiger partial charge is 0.477 e. The van der Waals surface area contributed by atoms with Crippen LogP contribution in [0.3, 0.4) is 0 Å². The molecule has 3 aromatic rings. The zero-order valence-electron chi connectivity index (χ0n) is 17.7. The molecular formula is C21H26N6O3. The molecule has 1 aliphatic heterocycles. The van der Waals surface area contributed by atoms with Crippen molar-refractivity contribution in [1.29, 1.82) is 0 Å². The number of hydrogen-bond acceptors (Lipinski definition) is 7. The van der Waals surface area contributed by atoms with Gasteiger partial charge in [0.1, 0.15) is 11.3 Å². The van der Waals surface area contributed by atoms with E-state index >= 15 is 0 Å². The summed E-state index contributed by atoms with van der Waals surface area (Å²) in [5.74, 6) is 0.551. The summed E-state index contributed by atoms with van der Waals surface area (Å²) in [6.07, 6.45) is 3.34. The first-order valence-electron chi connectivity index (χ1n) is 10.2. The number of carbonyl (C=O) groups excluding carboxylic acids is 1. The van der Waals surface area contributed by atoms with Crippen molar-refractivity contribution in [2.45, 2.75) is 39.7 Å². The van der Waals surface area contributed by atoms with Gasteiger partial charge >= 0.3 is 0 Å². The Balaban J connectivity index is 1.82. The number of H-pyrrole nitrogens is 1. The van der Waals surface area contributed by atoms with Crippen LogP contribution in [0.1, 0.15) is 48.8 Å². The van der Waals surface area contributed by atoms with Gasteiger partial charge in [-0.2, -0.15) is 5.10 Å². The zero-order chi connectivity index (χ0) is 21.4. The predicted octanol–water partition coefficient (Wildman–Crippen LogP) is 2.36. The molecule has 3 aromatic heterocycles. The summed E-state index contributed by atoms with van der Waals surface area (Å²) >= 11 is 0. The number of pyridine rings is 1. The molecule has 0 unspecified atom stereocenters. The van der Waals surface area contributed by atoms with E-state index in [9.17, 15) is 9.59 Å². The molecule has 1 aliphatic rings. The van der Waals surface area contributed by atoms with Crippen molar-refractivity contribution < 1.29 is 9.53 Å². The number of aryl methyl sites for hydroxylation is 1. The molecule has 0 bridgehead atoms. The lowest BCUT2D eigenvalue weighted by molar-refractivity contribution is 0.101. The molecule has 9 nitrogen and oxygen atoms in total. The number of nitrogens with zero attached hydrogens (tertiary/aromatic N) is 5. The summed E-state index contributed by atoms with van der Waals surface area (Å²) in [6.45, 7) is 7.74. The van der Waals surface area contributed by atoms with Crippen LogP contribution in [0.2, 0.25) is 0 Å². The van der Waals surface area contributed by atoms with E-state index in [-0.39, 0.29) is 17.4 Å². The Kier molecular flexibility index (Phi) is 5.38. The maximum Gasteiger partial charge on any atom is 0.279 e. The number of nitrogens with one attached hydrogen (secondary N) is 1. The second-order valence-corrected chi connectivity index (χ2v) is 7.85. The average molecular weight is 410 g/mol. The van der Waals surface area contributed by atoms with E-state index in [1.165, 1.54) is 13.1 Å². The van der Waals surface area contributed by atoms with Crippen LogP contribution in [0.5, 0.6) is 5.88 Å². The highest BCUT2D eigenvalue weighted by Gasteiger charge is 2.28. The van der Waals surface area contributed by atoms with Crippen LogP contribution in [-0.4, -0.2) is 62.2 Å². The minimum Gasteiger partial charge on any atom is -0.477 e. The Morgan fingerprint density at radius 2 is 2.10 bits per heavy atom. The van der Waals surface area contributed by atoms with Crippen LogP contribution >= 0.6 is 0 Å². The molecule has 0 amide bonds. The third-order valence-corrected chi connectivity index (χ3v) is 5.43. The number of likely N-dealkylation sites (N-methyl/N-ethyl adjacent to an activating group) is 1. The highest BCUT2D eigenvalue weighted by atomic mass is 16.5. The second-order valence-electron chi connectivity index (χ2n) is 7.85. The van der Waals surface area contributed by atoms with Crippen molar-refractivity contribution in [3.8, 4) is 17.3 Å². The number of carbonyl (C=O) groups is 1. The van der Waals surface area contributed by atoms with Gasteiger partial charge < -0.3 is 14.6 Å². The summed E-state index contributed by atoms with van der Waals surface area (Å²) in [5.41, 5.74) is 2.32. The van der Waals surface area contributed by atoms with Crippen LogP contribution in [0, 0.1) is 6.92 Å². The van der Waals surface area contributed by atoms with E-state index in [4.69, 9.17) is 9.72 Å². The molecule has 0 spiro atoms. The van der Waals surface area contributed by atoms with Crippen LogP contribution in [0.4, 0.5) is 0 Å². The summed E-state index contributed by atoms with van der Waals surface area (Å²) in [6, 6.07) is 1.91. The first kappa shape index (κ1) is 20.2. The number of aromatic nitrogens is 5. The van der Waals surface area contributed by atoms with E-state index in [0.717, 1.165) is 31.6 Å². The molecule has 0 aliphatic carbocycles. The summed E-state index contributed by atoms with van der Waals surface area (Å²) < 4.78 is 7.71. The molecule has 0 aromatic carbocycles. The van der Waals surface area contributed by atoms with Crippen LogP contribution < -0.4 is 10.3 Å². The maximum absolute atomic E-state index is 12.8. The van der Waals surface area contributed by atoms with Crippen LogP contribution in [0.15, 0.2) is 17.1 Å². The molecule has 1 N–H and O–H groups in total. The van der Waals surface area contributed by atoms with Crippen LogP contribution in [-0.2, 0) is 0 Å². The molecular weight excluding hydrogens is 384 g/mol. The average Bonchev–Trinajstić information content (AvgIpc) is 3.02. The first-order chi connectivity index (χ1) is 14.4. The number of aromatic amines is 1. The normalized spacial score (nSPS) is 14.8. The summed E-state index contributed by atoms with van der Waals surface area (Å²) in [7, 11) is 2.05. The van der Waals surface area contributed by atoms with Gasteiger partial charge in [0.15, 0.2) is 11.3 Å². The molecule has 1 saturated heterocycles. The minimum atomic E-state index is -0.322. The lowest BCUT2D eigenvalue weighted by Crippen LogP contribution is -2.45. The fourth-order valence-electron chi connectivity index (χ4n) is 3.65. The first-order valence-corrected chi connectivity index (χ1v) is 10.2. The summed E-state index contributed by atoms with van der Waals surface area (Å²) in [5, 5.41) is 4.51. The van der Waals surface area contributed by atoms with Gasteiger partial charge in [-0.25, -0.2) is 9.97 Å². The number of likely N-dealkylation sites (tertiary alicyclic amines) is 1. The molecule has 30 heavy (non-hydrogen) atoms. The predicted molar refractivity (Wildman–Crippen MR) is 113 cm³/mol. The maximum atomic E-state index is 12.8. The van der Waals surface area contributed by atoms with E-state index in [2.05, 4.69) is 26.9 Å². The van der Waals surface area contributed by atoms with Crippen molar-refractivity contribution >= 4 is 16.8 Å². The molecule has 4 rings (SSSR count). The molecule has 0 saturated carbocycles. The highest BCUT2D eigenvalue weighted by molar-refractivity contribution is 5.95. The molecule has 4 heterocycles. The second kappa shape index (κ2) is 7.98. The van der Waals surface area contributed by atoms with Gasteiger partial charge in [0.25, 0.3) is 5.56 Å². The van der Waals surface area contributed by atoms with Crippen molar-refractivity contribution in [3.63, 3.8) is 0 Å². The quantitative estimate of drug-likeness (QED) is 0.471. The Morgan fingerprint density at radius 3 is 2.77 bits per heavy atom. The molecule has 0 radical (unpaired) electrons. The lowest BCUT2D eigenvalue weighted by atomic mass is 10.1. The monoisotopic (exact) mass is 410 g/mol. The molecule has 0 atom stereocenters. The van der Waals surface area contributed by atoms with E-state index < -0.39 is 0 Å². The Labute approximate surface area is 174 Å². The third kappa shape index (κ3) is 3.60. The number of fused-ring (bicyclic) bond motifs is 1. The fourth-order valence-corrected chi connectivity index (χ4v) is 3.65. The number of ether oxygens (including phenoxy) is 1. The number of ketones is 1. The molecule has 9 heteroatoms. The third-order valence-electron chi connectivity index (χ3n) is 5.43. The van der Waals surface area contributed by atoms with Crippen molar-refractivity contribution in [3.05, 3.63) is 33.9 Å². The number of hydrogen-bond donors (Lipinski definition) is 1.